The van der Waals surface area contributed by atoms with E-state index < -0.39 is 0 Å². The molecule has 0 spiro atoms. The van der Waals surface area contributed by atoms with E-state index in [1.54, 1.807) is 35.0 Å². The Bertz CT molecular complexity index is 843. The predicted octanol–water partition coefficient (Wildman–Crippen LogP) is 2.65. The maximum absolute atomic E-state index is 11.9. The topological polar surface area (TPSA) is 72.7 Å². The number of nitrogens with zero attached hydrogens (tertiary/aromatic N) is 4. The first kappa shape index (κ1) is 15.9. The van der Waals surface area contributed by atoms with E-state index in [2.05, 4.69) is 20.8 Å². The number of rotatable bonds is 5. The van der Waals surface area contributed by atoms with Gasteiger partial charge in [0.25, 0.3) is 0 Å². The normalized spacial score (nSPS) is 10.9. The number of hydrogen-bond acceptors (Lipinski definition) is 4. The van der Waals surface area contributed by atoms with E-state index in [-0.39, 0.29) is 12.5 Å². The number of nitrogens with one attached hydrogen (secondary N) is 1. The van der Waals surface area contributed by atoms with E-state index in [0.29, 0.717) is 10.8 Å². The van der Waals surface area contributed by atoms with Crippen molar-refractivity contribution in [1.29, 1.82) is 0 Å². The van der Waals surface area contributed by atoms with Crippen LogP contribution in [0, 0.1) is 0 Å². The van der Waals surface area contributed by atoms with Crippen molar-refractivity contribution in [2.75, 3.05) is 0 Å². The van der Waals surface area contributed by atoms with Crippen LogP contribution in [0.5, 0.6) is 0 Å². The number of tetrazole rings is 1. The summed E-state index contributed by atoms with van der Waals surface area (Å²) in [5.74, 6) is 0.309. The summed E-state index contributed by atoms with van der Waals surface area (Å²) in [6.45, 7) is 0.216. The van der Waals surface area contributed by atoms with Crippen LogP contribution < -0.4 is 5.32 Å². The highest BCUT2D eigenvalue weighted by Crippen LogP contribution is 2.13. The van der Waals surface area contributed by atoms with Gasteiger partial charge in [0.1, 0.15) is 0 Å². The summed E-state index contributed by atoms with van der Waals surface area (Å²) in [5.41, 5.74) is 1.73. The molecule has 0 atom stereocenters. The van der Waals surface area contributed by atoms with Gasteiger partial charge in [-0.05, 0) is 46.3 Å². The Morgan fingerprint density at radius 2 is 1.88 bits per heavy atom. The van der Waals surface area contributed by atoms with Crippen LogP contribution in [0.1, 0.15) is 11.4 Å². The number of amides is 1. The lowest BCUT2D eigenvalue weighted by molar-refractivity contribution is -0.116. The van der Waals surface area contributed by atoms with Gasteiger partial charge in [-0.1, -0.05) is 41.9 Å². The van der Waals surface area contributed by atoms with Crippen molar-refractivity contribution >= 4 is 23.6 Å². The van der Waals surface area contributed by atoms with Crippen molar-refractivity contribution in [1.82, 2.24) is 25.5 Å². The molecule has 0 saturated heterocycles. The minimum atomic E-state index is -0.218. The Kier molecular flexibility index (Phi) is 4.98. The number of benzene rings is 2. The summed E-state index contributed by atoms with van der Waals surface area (Å²) in [5, 5.41) is 14.9. The number of halogens is 1. The summed E-state index contributed by atoms with van der Waals surface area (Å²) in [7, 11) is 0. The van der Waals surface area contributed by atoms with Crippen molar-refractivity contribution in [3.8, 4) is 5.69 Å². The second-order valence-electron chi connectivity index (χ2n) is 4.95. The van der Waals surface area contributed by atoms with E-state index in [9.17, 15) is 4.79 Å². The van der Waals surface area contributed by atoms with Gasteiger partial charge >= 0.3 is 0 Å². The van der Waals surface area contributed by atoms with Gasteiger partial charge < -0.3 is 5.32 Å². The third-order valence-electron chi connectivity index (χ3n) is 3.25. The first-order chi connectivity index (χ1) is 11.7. The third kappa shape index (κ3) is 4.05. The molecule has 6 nitrogen and oxygen atoms in total. The first-order valence-electron chi connectivity index (χ1n) is 7.26. The molecule has 0 fully saturated rings. The second kappa shape index (κ2) is 7.52. The molecule has 24 heavy (non-hydrogen) atoms. The maximum atomic E-state index is 11.9. The number of carbonyl (C=O) groups is 1. The number of aromatic nitrogens is 4. The molecule has 7 heteroatoms. The molecule has 0 radical (unpaired) electrons. The summed E-state index contributed by atoms with van der Waals surface area (Å²) in [6, 6.07) is 16.7. The summed E-state index contributed by atoms with van der Waals surface area (Å²) in [6.07, 6.45) is 3.23. The SMILES string of the molecule is O=C(/C=C\c1ccccc1)NCc1nnnn1-c1ccc(Cl)cc1. The van der Waals surface area contributed by atoms with Crippen LogP contribution in [0.4, 0.5) is 0 Å². The van der Waals surface area contributed by atoms with Crippen LogP contribution in [-0.2, 0) is 11.3 Å². The molecule has 0 aliphatic rings. The first-order valence-corrected chi connectivity index (χ1v) is 7.64. The molecule has 1 heterocycles. The lowest BCUT2D eigenvalue weighted by Crippen LogP contribution is -2.22. The predicted molar refractivity (Wildman–Crippen MR) is 91.5 cm³/mol. The van der Waals surface area contributed by atoms with Gasteiger partial charge in [0.2, 0.25) is 5.91 Å². The van der Waals surface area contributed by atoms with Gasteiger partial charge in [0.05, 0.1) is 12.2 Å². The van der Waals surface area contributed by atoms with Crippen molar-refractivity contribution < 1.29 is 4.79 Å². The van der Waals surface area contributed by atoms with E-state index in [1.165, 1.54) is 6.08 Å². The van der Waals surface area contributed by atoms with Crippen molar-refractivity contribution in [3.05, 3.63) is 77.1 Å². The second-order valence-corrected chi connectivity index (χ2v) is 5.38. The third-order valence-corrected chi connectivity index (χ3v) is 3.50. The zero-order valence-electron chi connectivity index (χ0n) is 12.6. The summed E-state index contributed by atoms with van der Waals surface area (Å²) < 4.78 is 1.55. The molecule has 0 saturated carbocycles. The standard InChI is InChI=1S/C17H14ClN5O/c18-14-7-9-15(10-8-14)23-16(20-21-22-23)12-19-17(24)11-6-13-4-2-1-3-5-13/h1-11H,12H2,(H,19,24)/b11-6-. The van der Waals surface area contributed by atoms with Gasteiger partial charge in [0.15, 0.2) is 5.82 Å². The minimum Gasteiger partial charge on any atom is -0.345 e. The minimum absolute atomic E-state index is 0.216. The molecule has 1 amide bonds. The average molecular weight is 340 g/mol. The molecule has 1 aromatic heterocycles. The van der Waals surface area contributed by atoms with Crippen LogP contribution in [0.25, 0.3) is 11.8 Å². The van der Waals surface area contributed by atoms with Crippen molar-refractivity contribution in [2.45, 2.75) is 6.54 Å². The molecule has 3 aromatic rings. The van der Waals surface area contributed by atoms with Crippen LogP contribution in [0.2, 0.25) is 5.02 Å². The van der Waals surface area contributed by atoms with Crippen LogP contribution >= 0.6 is 11.6 Å². The fourth-order valence-corrected chi connectivity index (χ4v) is 2.19. The Morgan fingerprint density at radius 1 is 1.12 bits per heavy atom. The zero-order valence-corrected chi connectivity index (χ0v) is 13.4. The monoisotopic (exact) mass is 339 g/mol. The number of carbonyl (C=O) groups excluding carboxylic acids is 1. The zero-order chi connectivity index (χ0) is 16.8. The maximum Gasteiger partial charge on any atom is 0.244 e. The van der Waals surface area contributed by atoms with Gasteiger partial charge in [-0.15, -0.1) is 5.10 Å². The van der Waals surface area contributed by atoms with Crippen molar-refractivity contribution in [3.63, 3.8) is 0 Å². The van der Waals surface area contributed by atoms with Crippen LogP contribution in [0.3, 0.4) is 0 Å². The molecule has 0 bridgehead atoms. The van der Waals surface area contributed by atoms with E-state index >= 15 is 0 Å². The fraction of sp³-hybridized carbons (Fsp3) is 0.0588. The van der Waals surface area contributed by atoms with Gasteiger partial charge in [-0.25, -0.2) is 0 Å². The molecular weight excluding hydrogens is 326 g/mol. The summed E-state index contributed by atoms with van der Waals surface area (Å²) >= 11 is 5.88. The van der Waals surface area contributed by atoms with Gasteiger partial charge in [-0.2, -0.15) is 4.68 Å². The van der Waals surface area contributed by atoms with Gasteiger partial charge in [-0.3, -0.25) is 4.79 Å². The highest BCUT2D eigenvalue weighted by atomic mass is 35.5. The van der Waals surface area contributed by atoms with Crippen LogP contribution in [0.15, 0.2) is 60.7 Å². The van der Waals surface area contributed by atoms with E-state index in [1.807, 2.05) is 30.3 Å². The molecular formula is C17H14ClN5O. The smallest absolute Gasteiger partial charge is 0.244 e. The quantitative estimate of drug-likeness (QED) is 0.725. The Hall–Kier alpha value is -2.99. The largest absolute Gasteiger partial charge is 0.345 e. The van der Waals surface area contributed by atoms with E-state index in [4.69, 9.17) is 11.6 Å². The lowest BCUT2D eigenvalue weighted by atomic mass is 10.2. The summed E-state index contributed by atoms with van der Waals surface area (Å²) in [4.78, 5) is 11.9. The highest BCUT2D eigenvalue weighted by Gasteiger charge is 2.08. The molecule has 120 valence electrons. The fourth-order valence-electron chi connectivity index (χ4n) is 2.06. The Morgan fingerprint density at radius 3 is 2.62 bits per heavy atom. The van der Waals surface area contributed by atoms with E-state index in [0.717, 1.165) is 11.3 Å². The van der Waals surface area contributed by atoms with Crippen LogP contribution in [-0.4, -0.2) is 26.1 Å². The van der Waals surface area contributed by atoms with Gasteiger partial charge in [0, 0.05) is 11.1 Å². The number of hydrogen-bond donors (Lipinski definition) is 1. The molecule has 1 N–H and O–H groups in total. The molecule has 3 rings (SSSR count). The molecule has 0 unspecified atom stereocenters. The average Bonchev–Trinajstić information content (AvgIpc) is 3.08. The van der Waals surface area contributed by atoms with Crippen molar-refractivity contribution in [2.24, 2.45) is 0 Å². The Labute approximate surface area is 143 Å². The Balaban J connectivity index is 1.63. The lowest BCUT2D eigenvalue weighted by Gasteiger charge is -2.05. The highest BCUT2D eigenvalue weighted by molar-refractivity contribution is 6.30. The molecule has 0 aliphatic heterocycles. The molecule has 0 aliphatic carbocycles. The molecule has 2 aromatic carbocycles.